The highest BCUT2D eigenvalue weighted by Crippen LogP contribution is 2.30. The van der Waals surface area contributed by atoms with Gasteiger partial charge in [-0.25, -0.2) is 18.6 Å². The minimum absolute atomic E-state index is 0.0376. The molecule has 1 aromatic heterocycles. The molecule has 0 saturated heterocycles. The van der Waals surface area contributed by atoms with Crippen molar-refractivity contribution >= 4 is 37.8 Å². The normalized spacial score (nSPS) is 10.6. The maximum Gasteiger partial charge on any atom is 0.341 e. The average molecular weight is 359 g/mol. The second-order valence-electron chi connectivity index (χ2n) is 2.72. The van der Waals surface area contributed by atoms with Crippen molar-refractivity contribution in [2.75, 3.05) is 6.61 Å². The summed E-state index contributed by atoms with van der Waals surface area (Å²) in [4.78, 5) is 15.3. The van der Waals surface area contributed by atoms with E-state index >= 15 is 0 Å². The minimum Gasteiger partial charge on any atom is -0.462 e. The molecule has 0 aliphatic heterocycles. The van der Waals surface area contributed by atoms with Crippen molar-refractivity contribution < 1.29 is 18.3 Å². The molecule has 0 radical (unpaired) electrons. The summed E-state index contributed by atoms with van der Waals surface area (Å²) in [5.41, 5.74) is -0.646. The molecule has 1 aromatic rings. The van der Waals surface area contributed by atoms with Gasteiger partial charge >= 0.3 is 5.97 Å². The summed E-state index contributed by atoms with van der Waals surface area (Å²) in [5.74, 6) is -0.815. The van der Waals surface area contributed by atoms with E-state index in [0.717, 1.165) is 6.07 Å². The molecule has 1 rings (SSSR count). The molecular weight excluding hydrogens is 352 g/mol. The van der Waals surface area contributed by atoms with Gasteiger partial charge in [0.25, 0.3) is 6.43 Å². The molecule has 0 bridgehead atoms. The summed E-state index contributed by atoms with van der Waals surface area (Å²) in [6, 6.07) is 1.10. The second-order valence-corrected chi connectivity index (χ2v) is 4.28. The molecule has 16 heavy (non-hydrogen) atoms. The molecule has 0 aliphatic carbocycles. The Morgan fingerprint density at radius 3 is 2.69 bits per heavy atom. The Balaban J connectivity index is 3.29. The van der Waals surface area contributed by atoms with Gasteiger partial charge in [0.1, 0.15) is 14.8 Å². The number of alkyl halides is 2. The van der Waals surface area contributed by atoms with E-state index in [1.165, 1.54) is 0 Å². The van der Waals surface area contributed by atoms with Gasteiger partial charge in [-0.2, -0.15) is 0 Å². The molecule has 0 N–H and O–H groups in total. The van der Waals surface area contributed by atoms with Crippen molar-refractivity contribution in [1.82, 2.24) is 4.98 Å². The largest absolute Gasteiger partial charge is 0.462 e. The fourth-order valence-electron chi connectivity index (χ4n) is 1.08. The Bertz CT molecular complexity index is 413. The summed E-state index contributed by atoms with van der Waals surface area (Å²) in [6.07, 6.45) is -2.77. The van der Waals surface area contributed by atoms with Crippen LogP contribution in [0.5, 0.6) is 0 Å². The first-order valence-corrected chi connectivity index (χ1v) is 5.87. The van der Waals surface area contributed by atoms with Crippen LogP contribution < -0.4 is 0 Å². The Hall–Kier alpha value is -0.560. The monoisotopic (exact) mass is 357 g/mol. The van der Waals surface area contributed by atoms with Gasteiger partial charge in [-0.1, -0.05) is 0 Å². The topological polar surface area (TPSA) is 39.2 Å². The Kier molecular flexibility index (Phi) is 4.79. The fraction of sp³-hybridized carbons (Fsp3) is 0.333. The van der Waals surface area contributed by atoms with Crippen LogP contribution in [-0.2, 0) is 4.74 Å². The van der Waals surface area contributed by atoms with Crippen molar-refractivity contribution in [2.45, 2.75) is 13.3 Å². The molecule has 0 saturated carbocycles. The summed E-state index contributed by atoms with van der Waals surface area (Å²) in [7, 11) is 0. The van der Waals surface area contributed by atoms with E-state index in [1.807, 2.05) is 0 Å². The van der Waals surface area contributed by atoms with Crippen molar-refractivity contribution in [2.24, 2.45) is 0 Å². The lowest BCUT2D eigenvalue weighted by molar-refractivity contribution is 0.0513. The number of hydrogen-bond donors (Lipinski definition) is 0. The van der Waals surface area contributed by atoms with Crippen LogP contribution in [0.3, 0.4) is 0 Å². The number of hydrogen-bond acceptors (Lipinski definition) is 3. The first-order valence-electron chi connectivity index (χ1n) is 4.28. The van der Waals surface area contributed by atoms with E-state index in [0.29, 0.717) is 0 Å². The zero-order valence-electron chi connectivity index (χ0n) is 8.14. The molecule has 0 aromatic carbocycles. The van der Waals surface area contributed by atoms with Gasteiger partial charge in [-0.15, -0.1) is 0 Å². The summed E-state index contributed by atoms with van der Waals surface area (Å²) < 4.78 is 30.4. The van der Waals surface area contributed by atoms with E-state index in [1.54, 1.807) is 6.92 Å². The van der Waals surface area contributed by atoms with Crippen LogP contribution in [0.15, 0.2) is 15.3 Å². The van der Waals surface area contributed by atoms with Gasteiger partial charge < -0.3 is 4.74 Å². The third-order valence-corrected chi connectivity index (χ3v) is 2.67. The number of ether oxygens (including phenoxy) is 1. The van der Waals surface area contributed by atoms with E-state index in [9.17, 15) is 13.6 Å². The number of halogens is 4. The van der Waals surface area contributed by atoms with Crippen LogP contribution in [0.2, 0.25) is 0 Å². The van der Waals surface area contributed by atoms with Crippen molar-refractivity contribution in [3.8, 4) is 0 Å². The zero-order valence-corrected chi connectivity index (χ0v) is 11.3. The number of pyridine rings is 1. The van der Waals surface area contributed by atoms with Crippen LogP contribution in [0.25, 0.3) is 0 Å². The third-order valence-electron chi connectivity index (χ3n) is 1.69. The summed E-state index contributed by atoms with van der Waals surface area (Å²) in [5, 5.41) is 0. The fourth-order valence-corrected chi connectivity index (χ4v) is 2.32. The zero-order chi connectivity index (χ0) is 12.3. The van der Waals surface area contributed by atoms with E-state index in [-0.39, 0.29) is 21.4 Å². The third kappa shape index (κ3) is 2.98. The molecule has 1 heterocycles. The molecule has 0 aliphatic rings. The number of aromatic nitrogens is 1. The molecule has 0 atom stereocenters. The van der Waals surface area contributed by atoms with Crippen molar-refractivity contribution in [1.29, 1.82) is 0 Å². The molecular formula is C9H7Br2F2NO2. The maximum atomic E-state index is 12.7. The van der Waals surface area contributed by atoms with E-state index < -0.39 is 18.0 Å². The Morgan fingerprint density at radius 2 is 2.19 bits per heavy atom. The molecule has 0 unspecified atom stereocenters. The van der Waals surface area contributed by atoms with Gasteiger partial charge in [0.2, 0.25) is 0 Å². The summed E-state index contributed by atoms with van der Waals surface area (Å²) >= 11 is 5.94. The van der Waals surface area contributed by atoms with Gasteiger partial charge in [0.05, 0.1) is 6.61 Å². The smallest absolute Gasteiger partial charge is 0.341 e. The molecule has 3 nitrogen and oxygen atoms in total. The lowest BCUT2D eigenvalue weighted by Gasteiger charge is -2.10. The lowest BCUT2D eigenvalue weighted by Crippen LogP contribution is -2.10. The quantitative estimate of drug-likeness (QED) is 0.610. The standard InChI is InChI=1S/C9H7Br2F2NO2/c1-2-16-9(15)6-4(8(12)13)3-5(10)14-7(6)11/h3,8H,2H2,1H3. The van der Waals surface area contributed by atoms with E-state index in [4.69, 9.17) is 0 Å². The summed E-state index contributed by atoms with van der Waals surface area (Å²) in [6.45, 7) is 1.71. The van der Waals surface area contributed by atoms with Crippen LogP contribution in [-0.4, -0.2) is 17.6 Å². The Morgan fingerprint density at radius 1 is 1.56 bits per heavy atom. The highest BCUT2D eigenvalue weighted by molar-refractivity contribution is 9.11. The maximum absolute atomic E-state index is 12.7. The molecule has 7 heteroatoms. The molecule has 0 spiro atoms. The first kappa shape index (κ1) is 13.5. The highest BCUT2D eigenvalue weighted by atomic mass is 79.9. The van der Waals surface area contributed by atoms with Gasteiger partial charge in [-0.05, 0) is 44.8 Å². The molecule has 0 fully saturated rings. The number of carbonyl (C=O) groups is 1. The number of carbonyl (C=O) groups excluding carboxylic acids is 1. The van der Waals surface area contributed by atoms with Gasteiger partial charge in [0.15, 0.2) is 0 Å². The number of nitrogens with zero attached hydrogens (tertiary/aromatic N) is 1. The van der Waals surface area contributed by atoms with Crippen molar-refractivity contribution in [3.63, 3.8) is 0 Å². The van der Waals surface area contributed by atoms with Crippen LogP contribution in [0, 0.1) is 0 Å². The van der Waals surface area contributed by atoms with E-state index in [2.05, 4.69) is 41.6 Å². The first-order chi connectivity index (χ1) is 7.47. The SMILES string of the molecule is CCOC(=O)c1c(C(F)F)cc(Br)nc1Br. The molecule has 88 valence electrons. The minimum atomic E-state index is -2.77. The van der Waals surface area contributed by atoms with Crippen LogP contribution in [0.1, 0.15) is 29.3 Å². The van der Waals surface area contributed by atoms with Crippen LogP contribution in [0.4, 0.5) is 8.78 Å². The number of rotatable bonds is 3. The number of esters is 1. The lowest BCUT2D eigenvalue weighted by atomic mass is 10.1. The predicted molar refractivity (Wildman–Crippen MR) is 60.6 cm³/mol. The van der Waals surface area contributed by atoms with Gasteiger partial charge in [0, 0.05) is 5.56 Å². The Labute approximate surface area is 107 Å². The predicted octanol–water partition coefficient (Wildman–Crippen LogP) is 3.72. The average Bonchev–Trinajstić information content (AvgIpc) is 2.16. The van der Waals surface area contributed by atoms with Gasteiger partial charge in [-0.3, -0.25) is 0 Å². The highest BCUT2D eigenvalue weighted by Gasteiger charge is 2.24. The van der Waals surface area contributed by atoms with Crippen LogP contribution >= 0.6 is 31.9 Å². The molecule has 0 amide bonds. The van der Waals surface area contributed by atoms with Crippen molar-refractivity contribution in [3.05, 3.63) is 26.4 Å². The second kappa shape index (κ2) is 5.67.